The minimum atomic E-state index is 0.975. The van der Waals surface area contributed by atoms with Gasteiger partial charge in [-0.1, -0.05) is 25.0 Å². The first-order chi connectivity index (χ1) is 8.92. The largest absolute Gasteiger partial charge is 0.313 e. The standard InChI is InChI=1S/C16H20N2/c1(2-13-3-4-13)8-17-11-14-5-6-16-12-18-9-7-15(16)10-14/h5-7,9-10,12-13,17H,1-4,8,11H2. The smallest absolute Gasteiger partial charge is 0.0346 e. The molecule has 0 atom stereocenters. The predicted octanol–water partition coefficient (Wildman–Crippen LogP) is 3.51. The summed E-state index contributed by atoms with van der Waals surface area (Å²) in [4.78, 5) is 4.14. The SMILES string of the molecule is c1cc2cc(CNCCCC3CC3)ccc2cn1. The molecule has 2 aromatic rings. The molecule has 1 aliphatic rings. The second-order valence-corrected chi connectivity index (χ2v) is 5.32. The summed E-state index contributed by atoms with van der Waals surface area (Å²) in [7, 11) is 0. The van der Waals surface area contributed by atoms with Gasteiger partial charge in [0, 0.05) is 24.3 Å². The van der Waals surface area contributed by atoms with E-state index in [4.69, 9.17) is 0 Å². The second kappa shape index (κ2) is 5.49. The first kappa shape index (κ1) is 11.7. The fourth-order valence-corrected chi connectivity index (χ4v) is 2.40. The van der Waals surface area contributed by atoms with Gasteiger partial charge in [0.15, 0.2) is 0 Å². The Kier molecular flexibility index (Phi) is 3.56. The van der Waals surface area contributed by atoms with Gasteiger partial charge < -0.3 is 5.32 Å². The monoisotopic (exact) mass is 240 g/mol. The number of nitrogens with one attached hydrogen (secondary N) is 1. The molecule has 1 aliphatic carbocycles. The maximum atomic E-state index is 4.14. The second-order valence-electron chi connectivity index (χ2n) is 5.32. The number of aromatic nitrogens is 1. The van der Waals surface area contributed by atoms with E-state index >= 15 is 0 Å². The van der Waals surface area contributed by atoms with E-state index in [0.717, 1.165) is 19.0 Å². The third-order valence-corrected chi connectivity index (χ3v) is 3.70. The summed E-state index contributed by atoms with van der Waals surface area (Å²) in [6.45, 7) is 2.12. The number of hydrogen-bond donors (Lipinski definition) is 1. The molecule has 1 fully saturated rings. The first-order valence-corrected chi connectivity index (χ1v) is 6.95. The molecular weight excluding hydrogens is 220 g/mol. The lowest BCUT2D eigenvalue weighted by Gasteiger charge is -2.06. The van der Waals surface area contributed by atoms with E-state index in [1.54, 1.807) is 0 Å². The molecule has 0 spiro atoms. The molecule has 0 unspecified atom stereocenters. The number of nitrogens with zero attached hydrogens (tertiary/aromatic N) is 1. The third kappa shape index (κ3) is 3.08. The zero-order valence-corrected chi connectivity index (χ0v) is 10.7. The Bertz CT molecular complexity index is 517. The molecule has 94 valence electrons. The Balaban J connectivity index is 1.50. The van der Waals surface area contributed by atoms with Gasteiger partial charge in [0.25, 0.3) is 0 Å². The van der Waals surface area contributed by atoms with Gasteiger partial charge in [-0.2, -0.15) is 0 Å². The predicted molar refractivity (Wildman–Crippen MR) is 75.4 cm³/mol. The molecule has 0 amide bonds. The summed E-state index contributed by atoms with van der Waals surface area (Å²) in [5, 5.41) is 6.03. The molecular formula is C16H20N2. The van der Waals surface area contributed by atoms with Crippen molar-refractivity contribution >= 4 is 10.8 Å². The lowest BCUT2D eigenvalue weighted by Crippen LogP contribution is -2.14. The van der Waals surface area contributed by atoms with Gasteiger partial charge in [-0.25, -0.2) is 0 Å². The zero-order valence-electron chi connectivity index (χ0n) is 10.7. The van der Waals surface area contributed by atoms with Gasteiger partial charge in [-0.15, -0.1) is 0 Å². The molecule has 2 nitrogen and oxygen atoms in total. The van der Waals surface area contributed by atoms with Crippen molar-refractivity contribution in [3.63, 3.8) is 0 Å². The van der Waals surface area contributed by atoms with Crippen LogP contribution in [0.3, 0.4) is 0 Å². The summed E-state index contributed by atoms with van der Waals surface area (Å²) in [5.74, 6) is 1.06. The molecule has 1 aromatic carbocycles. The van der Waals surface area contributed by atoms with Crippen molar-refractivity contribution < 1.29 is 0 Å². The lowest BCUT2D eigenvalue weighted by molar-refractivity contribution is 0.594. The minimum Gasteiger partial charge on any atom is -0.313 e. The van der Waals surface area contributed by atoms with Gasteiger partial charge in [0.1, 0.15) is 0 Å². The Hall–Kier alpha value is -1.41. The number of fused-ring (bicyclic) bond motifs is 1. The van der Waals surface area contributed by atoms with Crippen LogP contribution in [0, 0.1) is 5.92 Å². The average Bonchev–Trinajstić information content (AvgIpc) is 3.22. The highest BCUT2D eigenvalue weighted by Crippen LogP contribution is 2.33. The maximum absolute atomic E-state index is 4.14. The van der Waals surface area contributed by atoms with Crippen molar-refractivity contribution in [2.24, 2.45) is 5.92 Å². The third-order valence-electron chi connectivity index (χ3n) is 3.70. The van der Waals surface area contributed by atoms with Crippen LogP contribution in [0.2, 0.25) is 0 Å². The molecule has 1 heterocycles. The highest BCUT2D eigenvalue weighted by molar-refractivity contribution is 5.81. The molecule has 1 aromatic heterocycles. The van der Waals surface area contributed by atoms with Crippen LogP contribution < -0.4 is 5.32 Å². The Morgan fingerprint density at radius 1 is 1.17 bits per heavy atom. The zero-order chi connectivity index (χ0) is 12.2. The van der Waals surface area contributed by atoms with Crippen LogP contribution in [0.4, 0.5) is 0 Å². The Morgan fingerprint density at radius 3 is 3.00 bits per heavy atom. The highest BCUT2D eigenvalue weighted by atomic mass is 14.8. The normalized spacial score (nSPS) is 15.1. The molecule has 1 saturated carbocycles. The number of benzene rings is 1. The van der Waals surface area contributed by atoms with E-state index in [0.29, 0.717) is 0 Å². The highest BCUT2D eigenvalue weighted by Gasteiger charge is 2.19. The topological polar surface area (TPSA) is 24.9 Å². The van der Waals surface area contributed by atoms with Crippen LogP contribution in [0.5, 0.6) is 0 Å². The van der Waals surface area contributed by atoms with Gasteiger partial charge in [0.05, 0.1) is 0 Å². The maximum Gasteiger partial charge on any atom is 0.0346 e. The van der Waals surface area contributed by atoms with Crippen LogP contribution in [0.1, 0.15) is 31.2 Å². The molecule has 1 N–H and O–H groups in total. The van der Waals surface area contributed by atoms with Gasteiger partial charge in [-0.3, -0.25) is 4.98 Å². The van der Waals surface area contributed by atoms with E-state index in [1.165, 1.54) is 42.0 Å². The fraction of sp³-hybridized carbons (Fsp3) is 0.438. The summed E-state index contributed by atoms with van der Waals surface area (Å²) in [6, 6.07) is 8.68. The molecule has 0 aliphatic heterocycles. The molecule has 3 rings (SSSR count). The summed E-state index contributed by atoms with van der Waals surface area (Å²) in [5.41, 5.74) is 1.36. The Morgan fingerprint density at radius 2 is 2.11 bits per heavy atom. The average molecular weight is 240 g/mol. The van der Waals surface area contributed by atoms with Crippen molar-refractivity contribution in [1.29, 1.82) is 0 Å². The van der Waals surface area contributed by atoms with Crippen molar-refractivity contribution in [2.45, 2.75) is 32.2 Å². The number of hydrogen-bond acceptors (Lipinski definition) is 2. The Labute approximate surface area is 108 Å². The van der Waals surface area contributed by atoms with E-state index in [2.05, 4.69) is 34.6 Å². The molecule has 0 saturated heterocycles. The van der Waals surface area contributed by atoms with Crippen molar-refractivity contribution in [3.05, 3.63) is 42.2 Å². The van der Waals surface area contributed by atoms with Crippen LogP contribution in [0.15, 0.2) is 36.7 Å². The van der Waals surface area contributed by atoms with Gasteiger partial charge >= 0.3 is 0 Å². The van der Waals surface area contributed by atoms with Crippen LogP contribution >= 0.6 is 0 Å². The summed E-state index contributed by atoms with van der Waals surface area (Å²) >= 11 is 0. The molecule has 2 heteroatoms. The van der Waals surface area contributed by atoms with Crippen molar-refractivity contribution in [3.8, 4) is 0 Å². The fourth-order valence-electron chi connectivity index (χ4n) is 2.40. The number of pyridine rings is 1. The number of rotatable bonds is 6. The van der Waals surface area contributed by atoms with Crippen LogP contribution in [-0.4, -0.2) is 11.5 Å². The first-order valence-electron chi connectivity index (χ1n) is 6.95. The van der Waals surface area contributed by atoms with E-state index in [-0.39, 0.29) is 0 Å². The van der Waals surface area contributed by atoms with Crippen LogP contribution in [0.25, 0.3) is 10.8 Å². The summed E-state index contributed by atoms with van der Waals surface area (Å²) in [6.07, 6.45) is 9.45. The van der Waals surface area contributed by atoms with Crippen molar-refractivity contribution in [1.82, 2.24) is 10.3 Å². The molecule has 0 radical (unpaired) electrons. The summed E-state index contributed by atoms with van der Waals surface area (Å²) < 4.78 is 0. The molecule has 18 heavy (non-hydrogen) atoms. The van der Waals surface area contributed by atoms with Gasteiger partial charge in [-0.05, 0) is 48.4 Å². The molecule has 0 bridgehead atoms. The lowest BCUT2D eigenvalue weighted by atomic mass is 10.1. The van der Waals surface area contributed by atoms with E-state index < -0.39 is 0 Å². The van der Waals surface area contributed by atoms with E-state index in [1.807, 2.05) is 12.4 Å². The van der Waals surface area contributed by atoms with E-state index in [9.17, 15) is 0 Å². The van der Waals surface area contributed by atoms with Crippen LogP contribution in [-0.2, 0) is 6.54 Å². The minimum absolute atomic E-state index is 0.975. The van der Waals surface area contributed by atoms with Gasteiger partial charge in [0.2, 0.25) is 0 Å². The van der Waals surface area contributed by atoms with Crippen molar-refractivity contribution in [2.75, 3.05) is 6.54 Å². The quantitative estimate of drug-likeness (QED) is 0.781.